The van der Waals surface area contributed by atoms with E-state index in [2.05, 4.69) is 15.4 Å². The lowest BCUT2D eigenvalue weighted by molar-refractivity contribution is 0.103. The van der Waals surface area contributed by atoms with Gasteiger partial charge in [-0.15, -0.1) is 0 Å². The second kappa shape index (κ2) is 6.59. The maximum atomic E-state index is 12.8. The van der Waals surface area contributed by atoms with Gasteiger partial charge in [-0.3, -0.25) is 4.79 Å². The molecule has 0 spiro atoms. The van der Waals surface area contributed by atoms with Gasteiger partial charge in [0.25, 0.3) is 0 Å². The number of hydrogen-bond donors (Lipinski definition) is 1. The minimum absolute atomic E-state index is 0.238. The number of fused-ring (bicyclic) bond motifs is 1. The monoisotopic (exact) mass is 372 g/mol. The van der Waals surface area contributed by atoms with Crippen molar-refractivity contribution in [2.24, 2.45) is 0 Å². The fourth-order valence-electron chi connectivity index (χ4n) is 2.84. The van der Waals surface area contributed by atoms with E-state index in [0.717, 1.165) is 25.2 Å². The highest BCUT2D eigenvalue weighted by atomic mass is 35.5. The molecule has 0 saturated carbocycles. The third-order valence-corrected chi connectivity index (χ3v) is 4.96. The van der Waals surface area contributed by atoms with Gasteiger partial charge in [-0.1, -0.05) is 35.3 Å². The molecule has 3 heterocycles. The predicted molar refractivity (Wildman–Crippen MR) is 96.7 cm³/mol. The SMILES string of the molecule is O=C(c1cccc(-n2cc3c(n2)CNCC3)n1)c1cccc(Cl)c1Cl. The lowest BCUT2D eigenvalue weighted by Crippen LogP contribution is -2.22. The molecule has 0 fully saturated rings. The quantitative estimate of drug-likeness (QED) is 0.715. The molecule has 1 aliphatic rings. The highest BCUT2D eigenvalue weighted by Crippen LogP contribution is 2.27. The Morgan fingerprint density at radius 1 is 1.16 bits per heavy atom. The van der Waals surface area contributed by atoms with Crippen LogP contribution in [0.3, 0.4) is 0 Å². The summed E-state index contributed by atoms with van der Waals surface area (Å²) in [5, 5.41) is 8.43. The van der Waals surface area contributed by atoms with Crippen LogP contribution >= 0.6 is 23.2 Å². The second-order valence-electron chi connectivity index (χ2n) is 5.78. The maximum absolute atomic E-state index is 12.8. The molecular weight excluding hydrogens is 359 g/mol. The van der Waals surface area contributed by atoms with Gasteiger partial charge in [0.05, 0.1) is 15.7 Å². The summed E-state index contributed by atoms with van der Waals surface area (Å²) in [6, 6.07) is 10.2. The van der Waals surface area contributed by atoms with Gasteiger partial charge in [-0.25, -0.2) is 9.67 Å². The highest BCUT2D eigenvalue weighted by Gasteiger charge is 2.18. The van der Waals surface area contributed by atoms with Crippen molar-refractivity contribution < 1.29 is 4.79 Å². The van der Waals surface area contributed by atoms with E-state index in [1.807, 2.05) is 12.3 Å². The van der Waals surface area contributed by atoms with Crippen molar-refractivity contribution in [3.05, 3.63) is 75.2 Å². The number of aromatic nitrogens is 3. The first-order valence-electron chi connectivity index (χ1n) is 7.88. The topological polar surface area (TPSA) is 59.8 Å². The third kappa shape index (κ3) is 3.06. The van der Waals surface area contributed by atoms with Gasteiger partial charge in [0.15, 0.2) is 5.82 Å². The minimum Gasteiger partial charge on any atom is -0.311 e. The third-order valence-electron chi connectivity index (χ3n) is 4.14. The molecule has 1 aliphatic heterocycles. The molecule has 3 aromatic rings. The van der Waals surface area contributed by atoms with Crippen molar-refractivity contribution in [2.75, 3.05) is 6.54 Å². The molecule has 0 atom stereocenters. The summed E-state index contributed by atoms with van der Waals surface area (Å²) in [5.74, 6) is 0.325. The zero-order valence-electron chi connectivity index (χ0n) is 13.2. The van der Waals surface area contributed by atoms with E-state index in [0.29, 0.717) is 22.1 Å². The summed E-state index contributed by atoms with van der Waals surface area (Å²) in [4.78, 5) is 17.2. The zero-order chi connectivity index (χ0) is 17.4. The van der Waals surface area contributed by atoms with Crippen molar-refractivity contribution >= 4 is 29.0 Å². The zero-order valence-corrected chi connectivity index (χ0v) is 14.7. The number of rotatable bonds is 3. The first kappa shape index (κ1) is 16.3. The molecule has 0 amide bonds. The number of nitrogens with zero attached hydrogens (tertiary/aromatic N) is 3. The van der Waals surface area contributed by atoms with Crippen molar-refractivity contribution in [3.63, 3.8) is 0 Å². The molecule has 0 unspecified atom stereocenters. The summed E-state index contributed by atoms with van der Waals surface area (Å²) in [6.45, 7) is 1.69. The lowest BCUT2D eigenvalue weighted by Gasteiger charge is -2.09. The standard InChI is InChI=1S/C18H14Cl2N4O/c19-13-4-1-3-12(17(13)20)18(25)14-5-2-6-16(22-14)24-10-11-7-8-21-9-15(11)23-24/h1-6,10,21H,7-9H2. The van der Waals surface area contributed by atoms with E-state index in [-0.39, 0.29) is 10.8 Å². The molecule has 0 radical (unpaired) electrons. The largest absolute Gasteiger partial charge is 0.311 e. The minimum atomic E-state index is -0.270. The van der Waals surface area contributed by atoms with Gasteiger partial charge in [-0.2, -0.15) is 5.10 Å². The van der Waals surface area contributed by atoms with Crippen LogP contribution in [0.1, 0.15) is 27.3 Å². The van der Waals surface area contributed by atoms with Crippen LogP contribution in [0.5, 0.6) is 0 Å². The van der Waals surface area contributed by atoms with Gasteiger partial charge in [0, 0.05) is 18.3 Å². The van der Waals surface area contributed by atoms with Crippen LogP contribution in [-0.2, 0) is 13.0 Å². The van der Waals surface area contributed by atoms with Crippen LogP contribution in [-0.4, -0.2) is 27.1 Å². The van der Waals surface area contributed by atoms with Crippen molar-refractivity contribution in [1.82, 2.24) is 20.1 Å². The highest BCUT2D eigenvalue weighted by molar-refractivity contribution is 6.44. The molecule has 1 N–H and O–H groups in total. The fourth-order valence-corrected chi connectivity index (χ4v) is 3.23. The van der Waals surface area contributed by atoms with E-state index in [9.17, 15) is 4.79 Å². The summed E-state index contributed by atoms with van der Waals surface area (Å²) >= 11 is 12.2. The van der Waals surface area contributed by atoms with Gasteiger partial charge in [-0.05, 0) is 42.8 Å². The maximum Gasteiger partial charge on any atom is 0.212 e. The van der Waals surface area contributed by atoms with E-state index in [4.69, 9.17) is 23.2 Å². The molecule has 126 valence electrons. The summed E-state index contributed by atoms with van der Waals surface area (Å²) in [7, 11) is 0. The number of carbonyl (C=O) groups is 1. The van der Waals surface area contributed by atoms with Gasteiger partial charge in [0.2, 0.25) is 5.78 Å². The smallest absolute Gasteiger partial charge is 0.212 e. The van der Waals surface area contributed by atoms with Crippen LogP contribution < -0.4 is 5.32 Å². The summed E-state index contributed by atoms with van der Waals surface area (Å²) < 4.78 is 1.72. The molecule has 1 aromatic carbocycles. The van der Waals surface area contributed by atoms with Gasteiger partial charge < -0.3 is 5.32 Å². The van der Waals surface area contributed by atoms with Crippen LogP contribution in [0.15, 0.2) is 42.6 Å². The Morgan fingerprint density at radius 3 is 2.84 bits per heavy atom. The number of pyridine rings is 1. The Hall–Kier alpha value is -2.21. The average molecular weight is 373 g/mol. The molecule has 2 aromatic heterocycles. The molecule has 0 saturated heterocycles. The molecule has 0 bridgehead atoms. The Balaban J connectivity index is 1.71. The molecule has 5 nitrogen and oxygen atoms in total. The first-order valence-corrected chi connectivity index (χ1v) is 8.63. The van der Waals surface area contributed by atoms with Crippen LogP contribution in [0, 0.1) is 0 Å². The van der Waals surface area contributed by atoms with Crippen molar-refractivity contribution in [1.29, 1.82) is 0 Å². The van der Waals surface area contributed by atoms with Gasteiger partial charge in [0.1, 0.15) is 5.69 Å². The number of ketones is 1. The van der Waals surface area contributed by atoms with E-state index < -0.39 is 0 Å². The first-order chi connectivity index (χ1) is 12.1. The van der Waals surface area contributed by atoms with Crippen LogP contribution in [0.2, 0.25) is 10.0 Å². The Morgan fingerprint density at radius 2 is 2.00 bits per heavy atom. The molecular formula is C18H14Cl2N4O. The van der Waals surface area contributed by atoms with Crippen LogP contribution in [0.4, 0.5) is 0 Å². The number of hydrogen-bond acceptors (Lipinski definition) is 4. The normalized spacial score (nSPS) is 13.5. The lowest BCUT2D eigenvalue weighted by atomic mass is 10.1. The second-order valence-corrected chi connectivity index (χ2v) is 6.57. The number of benzene rings is 1. The van der Waals surface area contributed by atoms with Crippen LogP contribution in [0.25, 0.3) is 5.82 Å². The average Bonchev–Trinajstić information content (AvgIpc) is 3.08. The molecule has 25 heavy (non-hydrogen) atoms. The fraction of sp³-hybridized carbons (Fsp3) is 0.167. The number of carbonyl (C=O) groups excluding carboxylic acids is 1. The van der Waals surface area contributed by atoms with E-state index >= 15 is 0 Å². The van der Waals surface area contributed by atoms with Crippen molar-refractivity contribution in [2.45, 2.75) is 13.0 Å². The van der Waals surface area contributed by atoms with E-state index in [1.165, 1.54) is 5.56 Å². The molecule has 0 aliphatic carbocycles. The molecule has 7 heteroatoms. The number of nitrogens with one attached hydrogen (secondary N) is 1. The Labute approximate surface area is 154 Å². The predicted octanol–water partition coefficient (Wildman–Crippen LogP) is 3.45. The number of halogens is 2. The Bertz CT molecular complexity index is 944. The Kier molecular flexibility index (Phi) is 4.29. The van der Waals surface area contributed by atoms with Gasteiger partial charge >= 0.3 is 0 Å². The summed E-state index contributed by atoms with van der Waals surface area (Å²) in [6.07, 6.45) is 2.91. The van der Waals surface area contributed by atoms with Crippen molar-refractivity contribution in [3.8, 4) is 5.82 Å². The summed E-state index contributed by atoms with van der Waals surface area (Å²) in [5.41, 5.74) is 2.86. The van der Waals surface area contributed by atoms with E-state index in [1.54, 1.807) is 35.0 Å². The molecule has 4 rings (SSSR count).